The lowest BCUT2D eigenvalue weighted by atomic mass is 10.3. The van der Waals surface area contributed by atoms with Crippen LogP contribution in [0.25, 0.3) is 10.2 Å². The first-order valence-corrected chi connectivity index (χ1v) is 10.2. The Bertz CT molecular complexity index is 991. The molecule has 3 aromatic rings. The maximum Gasteiger partial charge on any atom is 0.289 e. The summed E-state index contributed by atoms with van der Waals surface area (Å²) in [4.78, 5) is 17.7. The van der Waals surface area contributed by atoms with E-state index in [-0.39, 0.29) is 5.91 Å². The summed E-state index contributed by atoms with van der Waals surface area (Å²) in [5.41, 5.74) is 0.798. The number of amides is 1. The number of carbonyl (C=O) groups is 1. The SMILES string of the molecule is CCOCCn1c(=NC(=O)c2ccc(Cl)s2)sc2cc(Cl)cc(Cl)c21. The van der Waals surface area contributed by atoms with E-state index in [2.05, 4.69) is 4.99 Å². The molecule has 2 aromatic heterocycles. The van der Waals surface area contributed by atoms with Gasteiger partial charge in [0.15, 0.2) is 4.80 Å². The third-order valence-electron chi connectivity index (χ3n) is 3.34. The van der Waals surface area contributed by atoms with Crippen LogP contribution in [0.5, 0.6) is 0 Å². The molecule has 25 heavy (non-hydrogen) atoms. The molecule has 0 aliphatic heterocycles. The number of fused-ring (bicyclic) bond motifs is 1. The third-order valence-corrected chi connectivity index (χ3v) is 6.09. The summed E-state index contributed by atoms with van der Waals surface area (Å²) in [5.74, 6) is -0.337. The van der Waals surface area contributed by atoms with Crippen LogP contribution in [0.1, 0.15) is 16.6 Å². The molecule has 1 amide bonds. The van der Waals surface area contributed by atoms with Crippen molar-refractivity contribution in [3.8, 4) is 0 Å². The summed E-state index contributed by atoms with van der Waals surface area (Å²) < 4.78 is 8.75. The molecule has 0 aliphatic carbocycles. The molecule has 0 fully saturated rings. The van der Waals surface area contributed by atoms with Gasteiger partial charge in [0.05, 0.1) is 31.1 Å². The number of thiophene rings is 1. The molecule has 132 valence electrons. The summed E-state index contributed by atoms with van der Waals surface area (Å²) in [6.45, 7) is 3.57. The van der Waals surface area contributed by atoms with Gasteiger partial charge in [0.2, 0.25) is 0 Å². The standard InChI is InChI=1S/C16H13Cl3N2O2S2/c1-2-23-6-5-21-14-10(18)7-9(17)8-12(14)25-16(21)20-15(22)11-3-4-13(19)24-11/h3-4,7-8H,2,5-6H2,1H3. The summed E-state index contributed by atoms with van der Waals surface area (Å²) in [6.07, 6.45) is 0. The van der Waals surface area contributed by atoms with Crippen LogP contribution in [-0.4, -0.2) is 23.7 Å². The van der Waals surface area contributed by atoms with Crippen LogP contribution in [0.15, 0.2) is 29.3 Å². The van der Waals surface area contributed by atoms with E-state index in [1.165, 1.54) is 22.7 Å². The maximum absolute atomic E-state index is 12.4. The molecule has 9 heteroatoms. The molecule has 0 spiro atoms. The number of aromatic nitrogens is 1. The van der Waals surface area contributed by atoms with Gasteiger partial charge in [0.1, 0.15) is 0 Å². The van der Waals surface area contributed by atoms with Crippen LogP contribution in [0.3, 0.4) is 0 Å². The smallest absolute Gasteiger partial charge is 0.289 e. The van der Waals surface area contributed by atoms with Gasteiger partial charge in [-0.25, -0.2) is 0 Å². The van der Waals surface area contributed by atoms with Gasteiger partial charge >= 0.3 is 0 Å². The van der Waals surface area contributed by atoms with Crippen molar-refractivity contribution < 1.29 is 9.53 Å². The lowest BCUT2D eigenvalue weighted by molar-refractivity contribution is 0.100. The second-order valence-electron chi connectivity index (χ2n) is 4.99. The number of ether oxygens (including phenoxy) is 1. The highest BCUT2D eigenvalue weighted by Crippen LogP contribution is 2.30. The Morgan fingerprint density at radius 3 is 2.72 bits per heavy atom. The number of thiazole rings is 1. The zero-order valence-corrected chi connectivity index (χ0v) is 17.0. The normalized spacial score (nSPS) is 12.2. The van der Waals surface area contributed by atoms with Gasteiger partial charge < -0.3 is 9.30 Å². The maximum atomic E-state index is 12.4. The number of hydrogen-bond donors (Lipinski definition) is 0. The average Bonchev–Trinajstić information content (AvgIpc) is 3.12. The molecule has 0 saturated heterocycles. The predicted molar refractivity (Wildman–Crippen MR) is 106 cm³/mol. The van der Waals surface area contributed by atoms with Crippen LogP contribution in [0.4, 0.5) is 0 Å². The number of rotatable bonds is 5. The van der Waals surface area contributed by atoms with Crippen molar-refractivity contribution in [2.45, 2.75) is 13.5 Å². The van der Waals surface area contributed by atoms with Gasteiger partial charge in [-0.2, -0.15) is 4.99 Å². The summed E-state index contributed by atoms with van der Waals surface area (Å²) in [7, 11) is 0. The van der Waals surface area contributed by atoms with Crippen molar-refractivity contribution in [3.05, 3.63) is 48.3 Å². The van der Waals surface area contributed by atoms with Gasteiger partial charge in [-0.1, -0.05) is 46.1 Å². The molecule has 0 bridgehead atoms. The van der Waals surface area contributed by atoms with E-state index < -0.39 is 0 Å². The van der Waals surface area contributed by atoms with E-state index in [1.54, 1.807) is 18.2 Å². The topological polar surface area (TPSA) is 43.6 Å². The Balaban J connectivity index is 2.12. The van der Waals surface area contributed by atoms with E-state index in [4.69, 9.17) is 39.5 Å². The van der Waals surface area contributed by atoms with Crippen molar-refractivity contribution in [3.63, 3.8) is 0 Å². The molecule has 3 rings (SSSR count). The second kappa shape index (κ2) is 8.20. The molecule has 0 unspecified atom stereocenters. The Labute approximate surface area is 167 Å². The molecular formula is C16H13Cl3N2O2S2. The summed E-state index contributed by atoms with van der Waals surface area (Å²) in [5, 5.41) is 1.06. The first kappa shape index (κ1) is 18.9. The number of nitrogens with zero attached hydrogens (tertiary/aromatic N) is 2. The molecule has 0 N–H and O–H groups in total. The number of carbonyl (C=O) groups excluding carboxylic acids is 1. The van der Waals surface area contributed by atoms with Gasteiger partial charge in [-0.3, -0.25) is 4.79 Å². The molecule has 4 nitrogen and oxygen atoms in total. The molecule has 2 heterocycles. The number of benzene rings is 1. The fourth-order valence-electron chi connectivity index (χ4n) is 2.29. The first-order chi connectivity index (χ1) is 12.0. The first-order valence-electron chi connectivity index (χ1n) is 7.40. The van der Waals surface area contributed by atoms with Crippen LogP contribution < -0.4 is 4.80 Å². The van der Waals surface area contributed by atoms with Gasteiger partial charge in [0, 0.05) is 18.2 Å². The minimum Gasteiger partial charge on any atom is -0.380 e. The van der Waals surface area contributed by atoms with E-state index in [1.807, 2.05) is 17.6 Å². The van der Waals surface area contributed by atoms with Crippen LogP contribution >= 0.6 is 57.5 Å². The largest absolute Gasteiger partial charge is 0.380 e. The lowest BCUT2D eigenvalue weighted by Crippen LogP contribution is -2.19. The van der Waals surface area contributed by atoms with Crippen molar-refractivity contribution in [1.82, 2.24) is 4.57 Å². The predicted octanol–water partition coefficient (Wildman–Crippen LogP) is 5.50. The lowest BCUT2D eigenvalue weighted by Gasteiger charge is -2.06. The minimum atomic E-state index is -0.337. The monoisotopic (exact) mass is 434 g/mol. The highest BCUT2D eigenvalue weighted by atomic mass is 35.5. The minimum absolute atomic E-state index is 0.337. The Kier molecular flexibility index (Phi) is 6.20. The zero-order chi connectivity index (χ0) is 18.0. The summed E-state index contributed by atoms with van der Waals surface area (Å²) in [6, 6.07) is 6.84. The van der Waals surface area contributed by atoms with E-state index in [0.29, 0.717) is 43.8 Å². The van der Waals surface area contributed by atoms with E-state index in [0.717, 1.165) is 10.2 Å². The van der Waals surface area contributed by atoms with Gasteiger partial charge in [-0.05, 0) is 31.2 Å². The Morgan fingerprint density at radius 1 is 1.24 bits per heavy atom. The zero-order valence-electron chi connectivity index (χ0n) is 13.1. The second-order valence-corrected chi connectivity index (χ2v) is 8.56. The molecule has 0 saturated carbocycles. The van der Waals surface area contributed by atoms with Crippen molar-refractivity contribution in [2.24, 2.45) is 4.99 Å². The van der Waals surface area contributed by atoms with E-state index >= 15 is 0 Å². The molecule has 0 radical (unpaired) electrons. The molecular weight excluding hydrogens is 423 g/mol. The fourth-order valence-corrected chi connectivity index (χ4v) is 5.06. The van der Waals surface area contributed by atoms with Crippen molar-refractivity contribution in [2.75, 3.05) is 13.2 Å². The average molecular weight is 436 g/mol. The van der Waals surface area contributed by atoms with Crippen molar-refractivity contribution in [1.29, 1.82) is 0 Å². The number of hydrogen-bond acceptors (Lipinski definition) is 4. The van der Waals surface area contributed by atoms with Crippen molar-refractivity contribution >= 4 is 73.6 Å². The quantitative estimate of drug-likeness (QED) is 0.496. The van der Waals surface area contributed by atoms with Crippen LogP contribution in [0, 0.1) is 0 Å². The fraction of sp³-hybridized carbons (Fsp3) is 0.250. The molecule has 0 atom stereocenters. The molecule has 1 aromatic carbocycles. The molecule has 0 aliphatic rings. The highest BCUT2D eigenvalue weighted by molar-refractivity contribution is 7.18. The van der Waals surface area contributed by atoms with Crippen LogP contribution in [0.2, 0.25) is 14.4 Å². The Morgan fingerprint density at radius 2 is 2.04 bits per heavy atom. The number of halogens is 3. The van der Waals surface area contributed by atoms with Gasteiger partial charge in [0.25, 0.3) is 5.91 Å². The Hall–Kier alpha value is -0.890. The van der Waals surface area contributed by atoms with Gasteiger partial charge in [-0.15, -0.1) is 11.3 Å². The van der Waals surface area contributed by atoms with Crippen LogP contribution in [-0.2, 0) is 11.3 Å². The highest BCUT2D eigenvalue weighted by Gasteiger charge is 2.14. The summed E-state index contributed by atoms with van der Waals surface area (Å²) >= 11 is 20.9. The van der Waals surface area contributed by atoms with E-state index in [9.17, 15) is 4.79 Å². The third kappa shape index (κ3) is 4.27.